The van der Waals surface area contributed by atoms with Crippen LogP contribution in [0.4, 0.5) is 0 Å². The maximum atomic E-state index is 12.8. The molecule has 134 valence electrons. The number of nitrogens with one attached hydrogen (secondary N) is 1. The number of fused-ring (bicyclic) bond motifs is 1. The lowest BCUT2D eigenvalue weighted by atomic mass is 9.54. The van der Waals surface area contributed by atoms with Gasteiger partial charge >= 0.3 is 5.97 Å². The van der Waals surface area contributed by atoms with Crippen molar-refractivity contribution >= 4 is 22.8 Å². The van der Waals surface area contributed by atoms with E-state index in [1.807, 2.05) is 25.1 Å². The number of carbonyl (C=O) groups is 2. The molecule has 6 heteroatoms. The number of para-hydroxylation sites is 1. The molecule has 0 saturated heterocycles. The van der Waals surface area contributed by atoms with E-state index in [0.717, 1.165) is 5.39 Å². The van der Waals surface area contributed by atoms with Gasteiger partial charge in [0.15, 0.2) is 5.76 Å². The van der Waals surface area contributed by atoms with Crippen LogP contribution in [0.2, 0.25) is 0 Å². The van der Waals surface area contributed by atoms with Gasteiger partial charge in [-0.15, -0.1) is 0 Å². The average Bonchev–Trinajstić information content (AvgIpc) is 2.90. The molecule has 3 rings (SSSR count). The monoisotopic (exact) mass is 345 g/mol. The number of hydrogen-bond acceptors (Lipinski definition) is 4. The highest BCUT2D eigenvalue weighted by atomic mass is 16.5. The van der Waals surface area contributed by atoms with Crippen molar-refractivity contribution in [2.45, 2.75) is 45.8 Å². The van der Waals surface area contributed by atoms with Gasteiger partial charge in [-0.05, 0) is 19.9 Å². The number of carboxylic acids is 1. The predicted molar refractivity (Wildman–Crippen MR) is 92.6 cm³/mol. The van der Waals surface area contributed by atoms with Gasteiger partial charge in [0.2, 0.25) is 0 Å². The molecule has 1 aromatic carbocycles. The zero-order valence-electron chi connectivity index (χ0n) is 14.9. The van der Waals surface area contributed by atoms with Gasteiger partial charge in [-0.3, -0.25) is 4.79 Å². The Labute approximate surface area is 146 Å². The van der Waals surface area contributed by atoms with E-state index in [1.54, 1.807) is 26.8 Å². The summed E-state index contributed by atoms with van der Waals surface area (Å²) in [5.74, 6) is -1.42. The Morgan fingerprint density at radius 1 is 1.36 bits per heavy atom. The van der Waals surface area contributed by atoms with Crippen molar-refractivity contribution in [2.24, 2.45) is 5.41 Å². The molecule has 2 N–H and O–H groups in total. The van der Waals surface area contributed by atoms with Crippen molar-refractivity contribution < 1.29 is 23.8 Å². The van der Waals surface area contributed by atoms with Gasteiger partial charge in [0, 0.05) is 29.4 Å². The lowest BCUT2D eigenvalue weighted by Gasteiger charge is -2.58. The molecule has 6 nitrogen and oxygen atoms in total. The largest absolute Gasteiger partial charge is 0.479 e. The van der Waals surface area contributed by atoms with Gasteiger partial charge in [0.25, 0.3) is 5.91 Å². The van der Waals surface area contributed by atoms with Crippen LogP contribution < -0.4 is 5.32 Å². The molecule has 2 aromatic rings. The van der Waals surface area contributed by atoms with E-state index in [1.165, 1.54) is 0 Å². The highest BCUT2D eigenvalue weighted by molar-refractivity contribution is 6.01. The number of benzene rings is 1. The van der Waals surface area contributed by atoms with Gasteiger partial charge in [-0.25, -0.2) is 4.79 Å². The molecule has 1 amide bonds. The zero-order valence-corrected chi connectivity index (χ0v) is 14.9. The number of carboxylic acid groups (broad SMARTS) is 1. The van der Waals surface area contributed by atoms with E-state index in [9.17, 15) is 14.7 Å². The number of hydrogen-bond donors (Lipinski definition) is 2. The number of aliphatic carboxylic acids is 1. The van der Waals surface area contributed by atoms with E-state index in [2.05, 4.69) is 5.32 Å². The molecular weight excluding hydrogens is 322 g/mol. The summed E-state index contributed by atoms with van der Waals surface area (Å²) in [5.41, 5.74) is -0.804. The molecule has 1 aliphatic carbocycles. The van der Waals surface area contributed by atoms with E-state index in [0.29, 0.717) is 17.8 Å². The molecule has 1 aromatic heterocycles. The second-order valence-corrected chi connectivity index (χ2v) is 7.09. The van der Waals surface area contributed by atoms with Gasteiger partial charge in [-0.2, -0.15) is 0 Å². The predicted octanol–water partition coefficient (Wildman–Crippen LogP) is 3.13. The third-order valence-corrected chi connectivity index (χ3v) is 5.51. The van der Waals surface area contributed by atoms with Crippen LogP contribution in [0.5, 0.6) is 0 Å². The first-order valence-electron chi connectivity index (χ1n) is 8.40. The summed E-state index contributed by atoms with van der Waals surface area (Å²) >= 11 is 0. The molecule has 1 heterocycles. The molecule has 2 unspecified atom stereocenters. The summed E-state index contributed by atoms with van der Waals surface area (Å²) in [6, 6.07) is 7.35. The van der Waals surface area contributed by atoms with Crippen LogP contribution in [0.25, 0.3) is 11.0 Å². The fraction of sp³-hybridized carbons (Fsp3) is 0.474. The Kier molecular flexibility index (Phi) is 4.11. The number of aryl methyl sites for hydroxylation is 1. The maximum Gasteiger partial charge on any atom is 0.330 e. The third kappa shape index (κ3) is 2.43. The second kappa shape index (κ2) is 5.88. The first kappa shape index (κ1) is 17.5. The minimum atomic E-state index is -1.38. The van der Waals surface area contributed by atoms with Crippen LogP contribution in [0.3, 0.4) is 0 Å². The summed E-state index contributed by atoms with van der Waals surface area (Å²) in [5, 5.41) is 13.4. The molecule has 25 heavy (non-hydrogen) atoms. The van der Waals surface area contributed by atoms with Crippen LogP contribution in [0.1, 0.15) is 43.3 Å². The van der Waals surface area contributed by atoms with Crippen LogP contribution in [0.15, 0.2) is 28.7 Å². The fourth-order valence-electron chi connectivity index (χ4n) is 3.68. The Bertz CT molecular complexity index is 837. The normalized spacial score (nSPS) is 24.7. The molecule has 0 aliphatic heterocycles. The van der Waals surface area contributed by atoms with Crippen LogP contribution in [-0.4, -0.2) is 35.2 Å². The number of rotatable bonds is 5. The van der Waals surface area contributed by atoms with Crippen LogP contribution >= 0.6 is 0 Å². The minimum Gasteiger partial charge on any atom is -0.479 e. The molecule has 0 radical (unpaired) electrons. The molecule has 0 bridgehead atoms. The fourth-order valence-corrected chi connectivity index (χ4v) is 3.68. The Morgan fingerprint density at radius 2 is 2.04 bits per heavy atom. The Morgan fingerprint density at radius 3 is 2.60 bits per heavy atom. The third-order valence-electron chi connectivity index (χ3n) is 5.51. The van der Waals surface area contributed by atoms with Gasteiger partial charge in [-0.1, -0.05) is 32.0 Å². The first-order chi connectivity index (χ1) is 11.7. The first-order valence-corrected chi connectivity index (χ1v) is 8.40. The highest BCUT2D eigenvalue weighted by Crippen LogP contribution is 2.51. The van der Waals surface area contributed by atoms with Crippen LogP contribution in [-0.2, 0) is 9.53 Å². The summed E-state index contributed by atoms with van der Waals surface area (Å²) < 4.78 is 11.3. The van der Waals surface area contributed by atoms with Crippen molar-refractivity contribution in [3.63, 3.8) is 0 Å². The SMILES string of the molecule is CCOC1CC(NC(=O)c2oc3ccccc3c2C)(C(=O)O)C1(C)C. The topological polar surface area (TPSA) is 88.8 Å². The van der Waals surface area contributed by atoms with E-state index in [4.69, 9.17) is 9.15 Å². The number of ether oxygens (including phenoxy) is 1. The zero-order chi connectivity index (χ0) is 18.4. The van der Waals surface area contributed by atoms with E-state index >= 15 is 0 Å². The Balaban J connectivity index is 1.92. The van der Waals surface area contributed by atoms with Crippen molar-refractivity contribution in [3.05, 3.63) is 35.6 Å². The molecule has 0 spiro atoms. The summed E-state index contributed by atoms with van der Waals surface area (Å²) in [4.78, 5) is 24.8. The lowest BCUT2D eigenvalue weighted by molar-refractivity contribution is -0.190. The smallest absolute Gasteiger partial charge is 0.330 e. The van der Waals surface area contributed by atoms with Crippen molar-refractivity contribution in [2.75, 3.05) is 6.61 Å². The van der Waals surface area contributed by atoms with E-state index in [-0.39, 0.29) is 18.3 Å². The summed E-state index contributed by atoms with van der Waals surface area (Å²) in [6.45, 7) is 7.77. The van der Waals surface area contributed by atoms with Crippen molar-refractivity contribution in [3.8, 4) is 0 Å². The molecule has 1 saturated carbocycles. The molecule has 1 fully saturated rings. The maximum absolute atomic E-state index is 12.8. The van der Waals surface area contributed by atoms with E-state index < -0.39 is 22.8 Å². The minimum absolute atomic E-state index is 0.150. The van der Waals surface area contributed by atoms with Crippen molar-refractivity contribution in [1.82, 2.24) is 5.32 Å². The second-order valence-electron chi connectivity index (χ2n) is 7.09. The lowest BCUT2D eigenvalue weighted by Crippen LogP contribution is -2.76. The van der Waals surface area contributed by atoms with Gasteiger partial charge in [0.1, 0.15) is 11.1 Å². The highest BCUT2D eigenvalue weighted by Gasteiger charge is 2.66. The van der Waals surface area contributed by atoms with Gasteiger partial charge < -0.3 is 19.6 Å². The standard InChI is InChI=1S/C19H23NO5/c1-5-24-14-10-19(17(22)23,18(14,3)4)20-16(21)15-11(2)12-8-6-7-9-13(12)25-15/h6-9,14H,5,10H2,1-4H3,(H,20,21)(H,22,23). The number of carbonyl (C=O) groups excluding carboxylic acids is 1. The average molecular weight is 345 g/mol. The van der Waals surface area contributed by atoms with Crippen molar-refractivity contribution in [1.29, 1.82) is 0 Å². The number of amides is 1. The quantitative estimate of drug-likeness (QED) is 0.869. The summed E-state index contributed by atoms with van der Waals surface area (Å²) in [6.07, 6.45) is 0.0134. The van der Waals surface area contributed by atoms with Gasteiger partial charge in [0.05, 0.1) is 6.10 Å². The molecule has 1 aliphatic rings. The number of furan rings is 1. The Hall–Kier alpha value is -2.34. The molecule has 2 atom stereocenters. The molecular formula is C19H23NO5. The summed E-state index contributed by atoms with van der Waals surface area (Å²) in [7, 11) is 0. The van der Waals surface area contributed by atoms with Crippen LogP contribution in [0, 0.1) is 12.3 Å².